The van der Waals surface area contributed by atoms with E-state index in [0.29, 0.717) is 17.7 Å². The third kappa shape index (κ3) is 3.45. The van der Waals surface area contributed by atoms with Crippen LogP contribution in [0.1, 0.15) is 23.6 Å². The molecule has 1 aliphatic rings. The number of nitrogens with zero attached hydrogens (tertiary/aromatic N) is 3. The van der Waals surface area contributed by atoms with Crippen molar-refractivity contribution >= 4 is 5.95 Å². The molecule has 122 valence electrons. The molecule has 1 aromatic carbocycles. The van der Waals surface area contributed by atoms with E-state index in [9.17, 15) is 5.11 Å². The third-order valence-corrected chi connectivity index (χ3v) is 4.51. The van der Waals surface area contributed by atoms with Crippen molar-refractivity contribution in [3.63, 3.8) is 0 Å². The molecule has 1 aliphatic heterocycles. The number of aromatic nitrogens is 2. The summed E-state index contributed by atoms with van der Waals surface area (Å²) >= 11 is 0. The molecule has 0 unspecified atom stereocenters. The number of methoxy groups -OCH3 is 1. The second-order valence-corrected chi connectivity index (χ2v) is 6.05. The highest BCUT2D eigenvalue weighted by molar-refractivity contribution is 5.36. The normalized spacial score (nSPS) is 21.3. The first-order chi connectivity index (χ1) is 11.2. The second-order valence-electron chi connectivity index (χ2n) is 6.05. The SMILES string of the molecule is COc1cc(C)nc(N2CC[C@@H](c3ccccc3)[C@@H](CO)C2)n1. The number of aliphatic hydroxyl groups is 1. The fourth-order valence-electron chi connectivity index (χ4n) is 3.31. The smallest absolute Gasteiger partial charge is 0.228 e. The lowest BCUT2D eigenvalue weighted by atomic mass is 9.81. The van der Waals surface area contributed by atoms with E-state index >= 15 is 0 Å². The maximum atomic E-state index is 9.85. The van der Waals surface area contributed by atoms with Gasteiger partial charge in [-0.25, -0.2) is 4.98 Å². The van der Waals surface area contributed by atoms with Crippen molar-refractivity contribution in [2.45, 2.75) is 19.3 Å². The van der Waals surface area contributed by atoms with E-state index < -0.39 is 0 Å². The number of benzene rings is 1. The van der Waals surface area contributed by atoms with E-state index in [1.807, 2.05) is 19.1 Å². The molecule has 2 heterocycles. The van der Waals surface area contributed by atoms with Crippen LogP contribution < -0.4 is 9.64 Å². The van der Waals surface area contributed by atoms with Crippen LogP contribution in [-0.4, -0.2) is 41.9 Å². The van der Waals surface area contributed by atoms with Crippen LogP contribution in [0.15, 0.2) is 36.4 Å². The Balaban J connectivity index is 1.80. The van der Waals surface area contributed by atoms with E-state index in [1.165, 1.54) is 5.56 Å². The van der Waals surface area contributed by atoms with Gasteiger partial charge in [0, 0.05) is 37.4 Å². The van der Waals surface area contributed by atoms with Gasteiger partial charge in [0.05, 0.1) is 7.11 Å². The van der Waals surface area contributed by atoms with E-state index in [-0.39, 0.29) is 12.5 Å². The van der Waals surface area contributed by atoms with Crippen LogP contribution in [0, 0.1) is 12.8 Å². The Labute approximate surface area is 137 Å². The average Bonchev–Trinajstić information content (AvgIpc) is 2.61. The Hall–Kier alpha value is -2.14. The molecule has 1 fully saturated rings. The number of hydrogen-bond acceptors (Lipinski definition) is 5. The highest BCUT2D eigenvalue weighted by Gasteiger charge is 2.31. The van der Waals surface area contributed by atoms with Crippen LogP contribution >= 0.6 is 0 Å². The van der Waals surface area contributed by atoms with Crippen LogP contribution in [0.25, 0.3) is 0 Å². The maximum absolute atomic E-state index is 9.85. The molecule has 5 nitrogen and oxygen atoms in total. The number of ether oxygens (including phenoxy) is 1. The molecule has 0 radical (unpaired) electrons. The van der Waals surface area contributed by atoms with Crippen molar-refractivity contribution in [2.75, 3.05) is 31.7 Å². The summed E-state index contributed by atoms with van der Waals surface area (Å²) in [5.74, 6) is 1.83. The molecule has 2 atom stereocenters. The molecule has 1 aromatic heterocycles. The van der Waals surface area contributed by atoms with Gasteiger partial charge in [0.15, 0.2) is 0 Å². The van der Waals surface area contributed by atoms with Gasteiger partial charge in [0.2, 0.25) is 11.8 Å². The van der Waals surface area contributed by atoms with E-state index in [0.717, 1.165) is 25.2 Å². The molecule has 1 saturated heterocycles. The van der Waals surface area contributed by atoms with Gasteiger partial charge < -0.3 is 14.7 Å². The summed E-state index contributed by atoms with van der Waals surface area (Å²) in [7, 11) is 1.61. The Bertz CT molecular complexity index is 648. The zero-order valence-electron chi connectivity index (χ0n) is 13.6. The lowest BCUT2D eigenvalue weighted by Crippen LogP contribution is -2.42. The number of anilines is 1. The first-order valence-corrected chi connectivity index (χ1v) is 8.01. The molecule has 0 amide bonds. The van der Waals surface area contributed by atoms with E-state index in [1.54, 1.807) is 7.11 Å². The summed E-state index contributed by atoms with van der Waals surface area (Å²) in [4.78, 5) is 11.1. The summed E-state index contributed by atoms with van der Waals surface area (Å²) in [5.41, 5.74) is 2.19. The monoisotopic (exact) mass is 313 g/mol. The molecule has 0 spiro atoms. The number of aryl methyl sites for hydroxylation is 1. The summed E-state index contributed by atoms with van der Waals surface area (Å²) in [6.07, 6.45) is 0.981. The van der Waals surface area contributed by atoms with Crippen molar-refractivity contribution in [2.24, 2.45) is 5.92 Å². The van der Waals surface area contributed by atoms with Gasteiger partial charge in [-0.05, 0) is 24.8 Å². The molecule has 5 heteroatoms. The van der Waals surface area contributed by atoms with Gasteiger partial charge >= 0.3 is 0 Å². The molecule has 1 N–H and O–H groups in total. The van der Waals surface area contributed by atoms with Crippen molar-refractivity contribution in [1.29, 1.82) is 0 Å². The molecule has 3 rings (SSSR count). The molecule has 0 aliphatic carbocycles. The maximum Gasteiger partial charge on any atom is 0.228 e. The molecular formula is C18H23N3O2. The fraction of sp³-hybridized carbons (Fsp3) is 0.444. The Morgan fingerprint density at radius 2 is 2.04 bits per heavy atom. The molecule has 23 heavy (non-hydrogen) atoms. The Morgan fingerprint density at radius 3 is 2.74 bits per heavy atom. The lowest BCUT2D eigenvalue weighted by Gasteiger charge is -2.38. The van der Waals surface area contributed by atoms with E-state index in [4.69, 9.17) is 4.74 Å². The molecule has 2 aromatic rings. The van der Waals surface area contributed by atoms with Gasteiger partial charge in [-0.2, -0.15) is 4.98 Å². The molecule has 0 bridgehead atoms. The topological polar surface area (TPSA) is 58.5 Å². The van der Waals surface area contributed by atoms with Crippen LogP contribution in [0.5, 0.6) is 5.88 Å². The van der Waals surface area contributed by atoms with Crippen molar-refractivity contribution in [3.05, 3.63) is 47.7 Å². The molecule has 0 saturated carbocycles. The first kappa shape index (κ1) is 15.7. The second kappa shape index (κ2) is 6.96. The highest BCUT2D eigenvalue weighted by Crippen LogP contribution is 2.34. The van der Waals surface area contributed by atoms with Gasteiger partial charge in [-0.1, -0.05) is 30.3 Å². The predicted molar refractivity (Wildman–Crippen MR) is 89.9 cm³/mol. The minimum atomic E-state index is 0.166. The summed E-state index contributed by atoms with van der Waals surface area (Å²) < 4.78 is 5.24. The number of hydrogen-bond donors (Lipinski definition) is 1. The summed E-state index contributed by atoms with van der Waals surface area (Å²) in [6, 6.07) is 12.3. The minimum Gasteiger partial charge on any atom is -0.481 e. The number of aliphatic hydroxyl groups excluding tert-OH is 1. The van der Waals surface area contributed by atoms with Gasteiger partial charge in [0.1, 0.15) is 0 Å². The van der Waals surface area contributed by atoms with Gasteiger partial charge in [-0.15, -0.1) is 0 Å². The van der Waals surface area contributed by atoms with Crippen molar-refractivity contribution < 1.29 is 9.84 Å². The summed E-state index contributed by atoms with van der Waals surface area (Å²) in [5, 5.41) is 9.85. The highest BCUT2D eigenvalue weighted by atomic mass is 16.5. The predicted octanol–water partition coefficient (Wildman–Crippen LogP) is 2.40. The summed E-state index contributed by atoms with van der Waals surface area (Å²) in [6.45, 7) is 3.73. The Morgan fingerprint density at radius 1 is 1.26 bits per heavy atom. The molecular weight excluding hydrogens is 290 g/mol. The number of rotatable bonds is 4. The van der Waals surface area contributed by atoms with Gasteiger partial charge in [-0.3, -0.25) is 0 Å². The van der Waals surface area contributed by atoms with Crippen molar-refractivity contribution in [3.8, 4) is 5.88 Å². The number of piperidine rings is 1. The van der Waals surface area contributed by atoms with Gasteiger partial charge in [0.25, 0.3) is 0 Å². The van der Waals surface area contributed by atoms with Crippen LogP contribution in [-0.2, 0) is 0 Å². The standard InChI is InChI=1S/C18H23N3O2/c1-13-10-17(23-2)20-18(19-13)21-9-8-16(15(11-21)12-22)14-6-4-3-5-7-14/h3-7,10,15-16,22H,8-9,11-12H2,1-2H3/t15-,16+/m1/s1. The van der Waals surface area contributed by atoms with Crippen molar-refractivity contribution in [1.82, 2.24) is 9.97 Å². The first-order valence-electron chi connectivity index (χ1n) is 8.01. The minimum absolute atomic E-state index is 0.166. The van der Waals surface area contributed by atoms with E-state index in [2.05, 4.69) is 39.1 Å². The Kier molecular flexibility index (Phi) is 4.76. The third-order valence-electron chi connectivity index (χ3n) is 4.51. The zero-order chi connectivity index (χ0) is 16.2. The van der Waals surface area contributed by atoms with Crippen LogP contribution in [0.2, 0.25) is 0 Å². The quantitative estimate of drug-likeness (QED) is 0.939. The average molecular weight is 313 g/mol. The lowest BCUT2D eigenvalue weighted by molar-refractivity contribution is 0.189. The fourth-order valence-corrected chi connectivity index (χ4v) is 3.31. The zero-order valence-corrected chi connectivity index (χ0v) is 13.6. The van der Waals surface area contributed by atoms with Crippen LogP contribution in [0.4, 0.5) is 5.95 Å². The van der Waals surface area contributed by atoms with Crippen LogP contribution in [0.3, 0.4) is 0 Å². The largest absolute Gasteiger partial charge is 0.481 e.